The molecule has 33 heavy (non-hydrogen) atoms. The van der Waals surface area contributed by atoms with E-state index in [9.17, 15) is 19.5 Å². The minimum Gasteiger partial charge on any atom is -0.494 e. The van der Waals surface area contributed by atoms with Crippen LogP contribution < -0.4 is 10.9 Å². The van der Waals surface area contributed by atoms with Gasteiger partial charge in [0.05, 0.1) is 17.7 Å². The van der Waals surface area contributed by atoms with Gasteiger partial charge in [-0.25, -0.2) is 0 Å². The molecule has 4 rings (SSSR count). The van der Waals surface area contributed by atoms with Gasteiger partial charge in [0.25, 0.3) is 11.5 Å². The maximum atomic E-state index is 13.1. The van der Waals surface area contributed by atoms with Crippen molar-refractivity contribution in [1.29, 1.82) is 5.26 Å². The summed E-state index contributed by atoms with van der Waals surface area (Å²) in [6.07, 6.45) is 5.34. The molecule has 0 radical (unpaired) electrons. The quantitative estimate of drug-likeness (QED) is 0.638. The second-order valence-corrected chi connectivity index (χ2v) is 9.22. The summed E-state index contributed by atoms with van der Waals surface area (Å²) in [4.78, 5) is 40.1. The zero-order chi connectivity index (χ0) is 23.9. The summed E-state index contributed by atoms with van der Waals surface area (Å²) in [5.74, 6) is -1.30. The third kappa shape index (κ3) is 4.35. The molecular formula is C23H28N6O4. The van der Waals surface area contributed by atoms with Gasteiger partial charge in [0.15, 0.2) is 5.56 Å². The molecule has 0 unspecified atom stereocenters. The van der Waals surface area contributed by atoms with Gasteiger partial charge in [0.2, 0.25) is 11.8 Å². The number of hydrogen-bond acceptors (Lipinski definition) is 6. The highest BCUT2D eigenvalue weighted by molar-refractivity contribution is 5.97. The van der Waals surface area contributed by atoms with Crippen molar-refractivity contribution in [2.45, 2.75) is 52.6 Å². The molecule has 2 aliphatic rings. The van der Waals surface area contributed by atoms with Crippen LogP contribution in [-0.2, 0) is 11.3 Å². The Labute approximate surface area is 191 Å². The number of likely N-dealkylation sites (tertiary alicyclic amines) is 1. The molecular weight excluding hydrogens is 424 g/mol. The van der Waals surface area contributed by atoms with Crippen molar-refractivity contribution >= 4 is 23.5 Å². The lowest BCUT2D eigenvalue weighted by Crippen LogP contribution is -2.34. The van der Waals surface area contributed by atoms with Crippen LogP contribution in [0.25, 0.3) is 11.7 Å². The summed E-state index contributed by atoms with van der Waals surface area (Å²) in [5.41, 5.74) is 0.299. The van der Waals surface area contributed by atoms with E-state index in [4.69, 9.17) is 5.26 Å². The molecule has 0 bridgehead atoms. The summed E-state index contributed by atoms with van der Waals surface area (Å²) in [6, 6.07) is 2.22. The van der Waals surface area contributed by atoms with Crippen molar-refractivity contribution in [2.24, 2.45) is 11.8 Å². The lowest BCUT2D eigenvalue weighted by atomic mass is 10.1. The fraction of sp³-hybridized carbons (Fsp3) is 0.522. The van der Waals surface area contributed by atoms with Gasteiger partial charge in [-0.05, 0) is 38.2 Å². The van der Waals surface area contributed by atoms with Crippen molar-refractivity contribution in [1.82, 2.24) is 24.4 Å². The van der Waals surface area contributed by atoms with Gasteiger partial charge in [-0.15, -0.1) is 0 Å². The first kappa shape index (κ1) is 22.6. The highest BCUT2D eigenvalue weighted by Crippen LogP contribution is 2.26. The maximum Gasteiger partial charge on any atom is 0.291 e. The van der Waals surface area contributed by atoms with Crippen LogP contribution in [0.15, 0.2) is 10.9 Å². The highest BCUT2D eigenvalue weighted by atomic mass is 16.3. The summed E-state index contributed by atoms with van der Waals surface area (Å²) in [7, 11) is 0. The van der Waals surface area contributed by atoms with Gasteiger partial charge in [-0.3, -0.25) is 19.0 Å². The minimum absolute atomic E-state index is 0.0284. The van der Waals surface area contributed by atoms with E-state index < -0.39 is 17.3 Å². The average molecular weight is 453 g/mol. The van der Waals surface area contributed by atoms with Crippen molar-refractivity contribution in [2.75, 3.05) is 13.1 Å². The second kappa shape index (κ2) is 8.73. The average Bonchev–Trinajstić information content (AvgIpc) is 3.32. The van der Waals surface area contributed by atoms with E-state index in [0.717, 1.165) is 17.4 Å². The Morgan fingerprint density at radius 2 is 2.06 bits per heavy atom. The number of amides is 2. The zero-order valence-electron chi connectivity index (χ0n) is 19.0. The first-order chi connectivity index (χ1) is 15.7. The Bertz CT molecular complexity index is 1240. The number of carbonyl (C=O) groups is 2. The predicted molar refractivity (Wildman–Crippen MR) is 121 cm³/mol. The first-order valence-electron chi connectivity index (χ1n) is 11.2. The van der Waals surface area contributed by atoms with E-state index >= 15 is 0 Å². The van der Waals surface area contributed by atoms with Gasteiger partial charge >= 0.3 is 0 Å². The second-order valence-electron chi connectivity index (χ2n) is 9.22. The summed E-state index contributed by atoms with van der Waals surface area (Å²) in [6.45, 7) is 6.88. The Morgan fingerprint density at radius 1 is 1.33 bits per heavy atom. The fourth-order valence-corrected chi connectivity index (χ4v) is 4.11. The monoisotopic (exact) mass is 452 g/mol. The number of nitriles is 1. The van der Waals surface area contributed by atoms with Crippen LogP contribution in [0, 0.1) is 30.1 Å². The van der Waals surface area contributed by atoms with E-state index in [-0.39, 0.29) is 29.3 Å². The van der Waals surface area contributed by atoms with Crippen LogP contribution in [0.2, 0.25) is 0 Å². The molecule has 10 heteroatoms. The molecule has 1 saturated carbocycles. The molecule has 2 N–H and O–H groups in total. The molecule has 1 saturated heterocycles. The number of aromatic nitrogens is 3. The fourth-order valence-electron chi connectivity index (χ4n) is 4.11. The van der Waals surface area contributed by atoms with E-state index in [1.165, 1.54) is 10.6 Å². The Morgan fingerprint density at radius 3 is 2.67 bits per heavy atom. The van der Waals surface area contributed by atoms with Gasteiger partial charge in [-0.2, -0.15) is 14.9 Å². The Hall–Kier alpha value is -3.61. The number of aryl methyl sites for hydroxylation is 1. The van der Waals surface area contributed by atoms with Gasteiger partial charge in [-0.1, -0.05) is 13.8 Å². The molecule has 2 aromatic heterocycles. The van der Waals surface area contributed by atoms with Crippen molar-refractivity contribution in [3.8, 4) is 11.9 Å². The molecule has 3 heterocycles. The molecule has 2 amide bonds. The maximum absolute atomic E-state index is 13.1. The SMILES string of the molecule is Cc1nn2c(=O)c(C(=O)NC3CC3)c(O)n(CC(C)C)c2c1/C=C/C(=O)N1CC[C@@H](C#N)C1. The standard InChI is InChI=1S/C23H28N6O4/c1-13(2)11-28-21-17(6-7-18(30)27-9-8-15(10-24)12-27)14(3)26-29(21)23(33)19(22(28)32)20(31)25-16-4-5-16/h6-7,13,15-16,32H,4-5,8-9,11-12H2,1-3H3,(H,25,31)/b7-6+/t15-/m0/s1. The minimum atomic E-state index is -0.703. The lowest BCUT2D eigenvalue weighted by molar-refractivity contribution is -0.125. The van der Waals surface area contributed by atoms with Gasteiger partial charge < -0.3 is 15.3 Å². The number of nitrogens with zero attached hydrogens (tertiary/aromatic N) is 5. The van der Waals surface area contributed by atoms with Crippen LogP contribution in [0.5, 0.6) is 5.88 Å². The number of carbonyl (C=O) groups excluding carboxylic acids is 2. The molecule has 0 spiro atoms. The topological polar surface area (TPSA) is 133 Å². The molecule has 2 aromatic rings. The molecule has 1 atom stereocenters. The van der Waals surface area contributed by atoms with E-state index in [0.29, 0.717) is 43.0 Å². The van der Waals surface area contributed by atoms with Gasteiger partial charge in [0, 0.05) is 37.3 Å². The van der Waals surface area contributed by atoms with Crippen LogP contribution in [0.4, 0.5) is 0 Å². The number of rotatable bonds is 6. The van der Waals surface area contributed by atoms with Crippen LogP contribution in [0.1, 0.15) is 54.7 Å². The summed E-state index contributed by atoms with van der Waals surface area (Å²) >= 11 is 0. The van der Waals surface area contributed by atoms with Crippen LogP contribution >= 0.6 is 0 Å². The Balaban J connectivity index is 1.78. The third-order valence-corrected chi connectivity index (χ3v) is 5.98. The molecule has 10 nitrogen and oxygen atoms in total. The van der Waals surface area contributed by atoms with E-state index in [1.807, 2.05) is 13.8 Å². The van der Waals surface area contributed by atoms with E-state index in [2.05, 4.69) is 16.5 Å². The largest absolute Gasteiger partial charge is 0.494 e. The van der Waals surface area contributed by atoms with Crippen molar-refractivity contribution in [3.05, 3.63) is 33.3 Å². The van der Waals surface area contributed by atoms with Crippen molar-refractivity contribution in [3.63, 3.8) is 0 Å². The molecule has 1 aliphatic carbocycles. The van der Waals surface area contributed by atoms with Crippen molar-refractivity contribution < 1.29 is 14.7 Å². The molecule has 0 aromatic carbocycles. The zero-order valence-corrected chi connectivity index (χ0v) is 19.0. The highest BCUT2D eigenvalue weighted by Gasteiger charge is 2.30. The first-order valence-corrected chi connectivity index (χ1v) is 11.2. The predicted octanol–water partition coefficient (Wildman–Crippen LogP) is 1.44. The van der Waals surface area contributed by atoms with Gasteiger partial charge in [0.1, 0.15) is 5.65 Å². The number of nitrogens with one attached hydrogen (secondary N) is 1. The van der Waals surface area contributed by atoms with Crippen LogP contribution in [-0.4, -0.2) is 55.1 Å². The molecule has 1 aliphatic heterocycles. The third-order valence-electron chi connectivity index (χ3n) is 5.98. The normalized spacial score (nSPS) is 18.4. The Kier molecular flexibility index (Phi) is 5.97. The lowest BCUT2D eigenvalue weighted by Gasteiger charge is -2.17. The van der Waals surface area contributed by atoms with Crippen LogP contribution in [0.3, 0.4) is 0 Å². The van der Waals surface area contributed by atoms with E-state index in [1.54, 1.807) is 17.9 Å². The number of aromatic hydroxyl groups is 1. The number of fused-ring (bicyclic) bond motifs is 1. The molecule has 174 valence electrons. The summed E-state index contributed by atoms with van der Waals surface area (Å²) < 4.78 is 2.64. The smallest absolute Gasteiger partial charge is 0.291 e. The number of hydrogen-bond donors (Lipinski definition) is 2. The molecule has 2 fully saturated rings. The summed E-state index contributed by atoms with van der Waals surface area (Å²) in [5, 5.41) is 27.1.